The molecule has 0 amide bonds. The monoisotopic (exact) mass is 1100 g/mol. The van der Waals surface area contributed by atoms with Crippen molar-refractivity contribution in [2.24, 2.45) is 0 Å². The normalized spacial score (nSPS) is 15.0. The molecule has 0 aliphatic rings. The maximum absolute atomic E-state index is 12.6. The van der Waals surface area contributed by atoms with Gasteiger partial charge in [-0.25, -0.2) is 4.98 Å². The van der Waals surface area contributed by atoms with E-state index >= 15 is 0 Å². The number of benzene rings is 7. The molecule has 9 aromatic rings. The number of nitrogens with zero attached hydrogens (tertiary/aromatic N) is 3. The van der Waals surface area contributed by atoms with Crippen molar-refractivity contribution in [3.8, 4) is 78.6 Å². The molecule has 0 atom stereocenters. The van der Waals surface area contributed by atoms with Gasteiger partial charge in [0.05, 0.1) is 31.9 Å². The molecule has 69 heavy (non-hydrogen) atoms. The molecular formula is C64H64N3OPt-. The molecule has 0 spiro atoms. The summed E-state index contributed by atoms with van der Waals surface area (Å²) < 4.78 is 116. The summed E-state index contributed by atoms with van der Waals surface area (Å²) in [6.07, 6.45) is -0.628. The molecule has 0 aliphatic carbocycles. The van der Waals surface area contributed by atoms with Crippen LogP contribution in [0.25, 0.3) is 83.9 Å². The Hall–Kier alpha value is -6.35. The van der Waals surface area contributed by atoms with Crippen LogP contribution in [0.15, 0.2) is 152 Å². The van der Waals surface area contributed by atoms with E-state index in [9.17, 15) is 6.48 Å². The second kappa shape index (κ2) is 19.2. The number of aryl methyl sites for hydroxylation is 1. The van der Waals surface area contributed by atoms with Crippen LogP contribution in [0, 0.1) is 19.8 Å². The number of aromatic hydroxyl groups is 1. The topological polar surface area (TPSA) is 50.9 Å². The molecule has 0 saturated heterocycles. The summed E-state index contributed by atoms with van der Waals surface area (Å²) in [5, 5.41) is 12.6. The molecule has 5 heteroatoms. The van der Waals surface area contributed by atoms with Crippen molar-refractivity contribution in [1.29, 1.82) is 0 Å². The van der Waals surface area contributed by atoms with Crippen LogP contribution in [-0.4, -0.2) is 19.6 Å². The van der Waals surface area contributed by atoms with Crippen LogP contribution in [0.3, 0.4) is 0 Å². The molecule has 2 heterocycles. The van der Waals surface area contributed by atoms with Gasteiger partial charge >= 0.3 is 0 Å². The molecular weight excluding hydrogens is 1020 g/mol. The van der Waals surface area contributed by atoms with Gasteiger partial charge in [-0.15, -0.1) is 29.3 Å². The number of fused-ring (bicyclic) bond motifs is 1. The van der Waals surface area contributed by atoms with Crippen LogP contribution < -0.4 is 0 Å². The molecule has 352 valence electrons. The van der Waals surface area contributed by atoms with Gasteiger partial charge in [-0.2, -0.15) is 0 Å². The summed E-state index contributed by atoms with van der Waals surface area (Å²) in [7, 11) is 0. The van der Waals surface area contributed by atoms with E-state index in [1.54, 1.807) is 12.1 Å². The van der Waals surface area contributed by atoms with Crippen molar-refractivity contribution >= 4 is 11.0 Å². The first kappa shape index (κ1) is 34.9. The number of phenolic OH excluding ortho intramolecular Hbond substituents is 1. The van der Waals surface area contributed by atoms with Crippen LogP contribution in [-0.2, 0) is 31.9 Å². The van der Waals surface area contributed by atoms with Gasteiger partial charge in [0.25, 0.3) is 0 Å². The van der Waals surface area contributed by atoms with Crippen LogP contribution in [0.5, 0.6) is 5.75 Å². The summed E-state index contributed by atoms with van der Waals surface area (Å²) in [5.74, 6) is 0.286. The van der Waals surface area contributed by atoms with Gasteiger partial charge in [0.1, 0.15) is 11.6 Å². The second-order valence-corrected chi connectivity index (χ2v) is 20.3. The van der Waals surface area contributed by atoms with Gasteiger partial charge in [-0.3, -0.25) is 9.55 Å². The van der Waals surface area contributed by atoms with Crippen molar-refractivity contribution in [2.45, 2.75) is 106 Å². The first-order valence-corrected chi connectivity index (χ1v) is 23.1. The zero-order chi connectivity index (χ0) is 59.3. The fraction of sp³-hybridized carbons (Fsp3) is 0.250. The Bertz CT molecular complexity index is 3930. The van der Waals surface area contributed by atoms with Crippen LogP contribution in [0.2, 0.25) is 0 Å². The number of hydrogen-bond acceptors (Lipinski definition) is 3. The van der Waals surface area contributed by atoms with Crippen molar-refractivity contribution in [3.05, 3.63) is 191 Å². The number of imidazole rings is 1. The molecule has 0 saturated carbocycles. The first-order chi connectivity index (χ1) is 37.7. The SMILES string of the molecule is [2H]c1nc(-c2[c-]c(-c3cccc4c3nc(-c3cc(C(C)C)cc(C(C)C)c3O)n4-c3cc(C([2H])([2H])[2H])c(-c4ccccc4)cc3-c3ccc(C(C)(C)C)cc3)cc(C(C)(C)C)c2)c([2H])c(-c2c([2H])c([2H])c(C([2H])([2H])[2H])c([2H])c2[2H])c1[2H].[Pt]. The molecule has 0 unspecified atom stereocenters. The number of pyridine rings is 1. The van der Waals surface area contributed by atoms with E-state index in [2.05, 4.69) is 57.8 Å². The Morgan fingerprint density at radius 1 is 0.623 bits per heavy atom. The average molecular weight is 1100 g/mol. The third kappa shape index (κ3) is 9.79. The minimum absolute atomic E-state index is 0. The van der Waals surface area contributed by atoms with E-state index in [0.717, 1.165) is 27.8 Å². The number of hydrogen-bond donors (Lipinski definition) is 1. The van der Waals surface area contributed by atoms with Gasteiger partial charge in [0.2, 0.25) is 0 Å². The van der Waals surface area contributed by atoms with Crippen molar-refractivity contribution in [3.63, 3.8) is 0 Å². The zero-order valence-electron chi connectivity index (χ0n) is 53.7. The average Bonchev–Trinajstić information content (AvgIpc) is 1.83. The third-order valence-corrected chi connectivity index (χ3v) is 12.6. The van der Waals surface area contributed by atoms with Crippen molar-refractivity contribution < 1.29 is 44.0 Å². The molecule has 0 radical (unpaired) electrons. The Morgan fingerprint density at radius 2 is 1.32 bits per heavy atom. The quantitative estimate of drug-likeness (QED) is 0.147. The zero-order valence-corrected chi connectivity index (χ0v) is 42.9. The van der Waals surface area contributed by atoms with Gasteiger partial charge in [-0.1, -0.05) is 189 Å². The van der Waals surface area contributed by atoms with Gasteiger partial charge in [-0.05, 0) is 117 Å². The summed E-state index contributed by atoms with van der Waals surface area (Å²) in [5.41, 5.74) is 6.86. The number of phenols is 1. The Labute approximate surface area is 443 Å². The number of para-hydroxylation sites is 1. The summed E-state index contributed by atoms with van der Waals surface area (Å²) >= 11 is 0. The molecule has 7 aromatic carbocycles. The molecule has 0 bridgehead atoms. The smallest absolute Gasteiger partial charge is 0.148 e. The summed E-state index contributed by atoms with van der Waals surface area (Å²) in [6.45, 7) is 15.0. The molecule has 4 nitrogen and oxygen atoms in total. The van der Waals surface area contributed by atoms with Crippen LogP contribution >= 0.6 is 0 Å². The first-order valence-electron chi connectivity index (χ1n) is 29.6. The molecule has 0 fully saturated rings. The van der Waals surface area contributed by atoms with Gasteiger partial charge in [0.15, 0.2) is 0 Å². The fourth-order valence-corrected chi connectivity index (χ4v) is 8.66. The maximum Gasteiger partial charge on any atom is 0.148 e. The Kier molecular flexibility index (Phi) is 9.70. The minimum Gasteiger partial charge on any atom is -0.507 e. The minimum atomic E-state index is -3.00. The van der Waals surface area contributed by atoms with E-state index < -0.39 is 78.2 Å². The van der Waals surface area contributed by atoms with Crippen LogP contribution in [0.1, 0.15) is 132 Å². The van der Waals surface area contributed by atoms with Crippen LogP contribution in [0.4, 0.5) is 0 Å². The summed E-state index contributed by atoms with van der Waals surface area (Å²) in [4.78, 5) is 9.96. The maximum atomic E-state index is 12.6. The van der Waals surface area contributed by atoms with Gasteiger partial charge < -0.3 is 5.11 Å². The number of aromatic nitrogens is 3. The Balaban J connectivity index is 0.00000880. The second-order valence-electron chi connectivity index (χ2n) is 20.3. The van der Waals surface area contributed by atoms with E-state index in [1.165, 1.54) is 0 Å². The summed E-state index contributed by atoms with van der Waals surface area (Å²) in [6, 6.07) is 33.7. The predicted molar refractivity (Wildman–Crippen MR) is 287 cm³/mol. The van der Waals surface area contributed by atoms with E-state index in [4.69, 9.17) is 21.4 Å². The predicted octanol–water partition coefficient (Wildman–Crippen LogP) is 17.4. The van der Waals surface area contributed by atoms with E-state index in [1.807, 2.05) is 124 Å². The van der Waals surface area contributed by atoms with Gasteiger partial charge in [0, 0.05) is 46.7 Å². The van der Waals surface area contributed by atoms with E-state index in [0.29, 0.717) is 55.9 Å². The molecule has 1 N–H and O–H groups in total. The number of rotatable bonds is 9. The third-order valence-electron chi connectivity index (χ3n) is 12.6. The molecule has 2 aromatic heterocycles. The van der Waals surface area contributed by atoms with E-state index in [-0.39, 0.29) is 60.9 Å². The molecule has 0 aliphatic heterocycles. The van der Waals surface area contributed by atoms with Crippen molar-refractivity contribution in [2.75, 3.05) is 0 Å². The largest absolute Gasteiger partial charge is 0.507 e. The fourth-order valence-electron chi connectivity index (χ4n) is 8.66. The Morgan fingerprint density at radius 3 is 1.97 bits per heavy atom. The van der Waals surface area contributed by atoms with Crippen molar-refractivity contribution in [1.82, 2.24) is 14.5 Å². The standard InChI is InChI=1S/C64H64N3O.Pt/c1-39(2)47-35-53(40(3)4)61(68)56(36-47)62-66-60-52(48-32-49(34-51(33-48)64(10,11)12)57-37-46(29-30-65-57)43-23-21-41(5)22-24-43)19-16-20-58(60)67(62)59-31-42(6)54(44-17-14-13-15-18-44)38-55(59)45-25-27-50(28-26-45)63(7,8)9;/h13-31,33-40,68H,1-12H3;/q-1;/i5D3,6D3,21D,22D,23D,24D,29D,30D,37D;. The molecule has 9 rings (SSSR count).